The van der Waals surface area contributed by atoms with Crippen molar-refractivity contribution in [3.05, 3.63) is 40.6 Å². The number of pyridine rings is 1. The normalized spacial score (nSPS) is 11.1. The number of anilines is 1. The number of nitrogen functional groups attached to an aromatic ring is 1. The molecule has 19 heavy (non-hydrogen) atoms. The van der Waals surface area contributed by atoms with Crippen LogP contribution in [0, 0.1) is 0 Å². The first kappa shape index (κ1) is 12.2. The number of oxazole rings is 1. The van der Waals surface area contributed by atoms with E-state index in [1.54, 1.807) is 12.4 Å². The van der Waals surface area contributed by atoms with Gasteiger partial charge in [0.15, 0.2) is 5.58 Å². The highest BCUT2D eigenvalue weighted by atomic mass is 79.9. The average Bonchev–Trinajstić information content (AvgIpc) is 2.81. The summed E-state index contributed by atoms with van der Waals surface area (Å²) in [4.78, 5) is 8.61. The number of benzene rings is 1. The van der Waals surface area contributed by atoms with Crippen LogP contribution in [0.25, 0.3) is 22.6 Å². The molecule has 0 unspecified atom stereocenters. The van der Waals surface area contributed by atoms with Crippen LogP contribution in [0.15, 0.2) is 39.5 Å². The van der Waals surface area contributed by atoms with Crippen LogP contribution in [0.4, 0.5) is 5.69 Å². The van der Waals surface area contributed by atoms with Crippen molar-refractivity contribution in [2.75, 3.05) is 5.73 Å². The highest BCUT2D eigenvalue weighted by Crippen LogP contribution is 2.29. The second-order valence-corrected chi connectivity index (χ2v) is 5.21. The molecular formula is C14H12BrN3O. The fourth-order valence-electron chi connectivity index (χ4n) is 2.04. The van der Waals surface area contributed by atoms with Gasteiger partial charge in [-0.05, 0) is 46.1 Å². The fraction of sp³-hybridized carbons (Fsp3) is 0.143. The maximum absolute atomic E-state index is 5.87. The van der Waals surface area contributed by atoms with Crippen molar-refractivity contribution < 1.29 is 4.42 Å². The quantitative estimate of drug-likeness (QED) is 0.730. The molecule has 3 aromatic rings. The minimum Gasteiger partial charge on any atom is -0.436 e. The van der Waals surface area contributed by atoms with Gasteiger partial charge in [-0.3, -0.25) is 4.98 Å². The highest BCUT2D eigenvalue weighted by Gasteiger charge is 2.12. The number of nitrogens with zero attached hydrogens (tertiary/aromatic N) is 2. The number of aromatic nitrogens is 2. The van der Waals surface area contributed by atoms with Gasteiger partial charge in [0.1, 0.15) is 5.52 Å². The zero-order valence-electron chi connectivity index (χ0n) is 10.4. The Morgan fingerprint density at radius 3 is 2.84 bits per heavy atom. The molecule has 2 heterocycles. The van der Waals surface area contributed by atoms with E-state index in [1.165, 1.54) is 0 Å². The SMILES string of the molecule is CCc1cc(N)cc2nc(-c3cncc(Br)c3)oc12. The van der Waals surface area contributed by atoms with Crippen molar-refractivity contribution >= 4 is 32.7 Å². The summed E-state index contributed by atoms with van der Waals surface area (Å²) in [5.41, 5.74) is 10.1. The first-order chi connectivity index (χ1) is 9.17. The molecule has 0 radical (unpaired) electrons. The first-order valence-corrected chi connectivity index (χ1v) is 6.76. The average molecular weight is 318 g/mol. The molecule has 0 saturated carbocycles. The van der Waals surface area contributed by atoms with E-state index in [4.69, 9.17) is 10.2 Å². The maximum Gasteiger partial charge on any atom is 0.228 e. The number of hydrogen-bond donors (Lipinski definition) is 1. The number of hydrogen-bond acceptors (Lipinski definition) is 4. The Morgan fingerprint density at radius 1 is 1.26 bits per heavy atom. The van der Waals surface area contributed by atoms with Gasteiger partial charge in [-0.1, -0.05) is 6.92 Å². The van der Waals surface area contributed by atoms with Crippen molar-refractivity contribution in [2.45, 2.75) is 13.3 Å². The van der Waals surface area contributed by atoms with Crippen molar-refractivity contribution in [1.29, 1.82) is 0 Å². The van der Waals surface area contributed by atoms with Gasteiger partial charge in [0.25, 0.3) is 0 Å². The molecule has 0 amide bonds. The smallest absolute Gasteiger partial charge is 0.228 e. The summed E-state index contributed by atoms with van der Waals surface area (Å²) < 4.78 is 6.75. The van der Waals surface area contributed by atoms with Crippen LogP contribution >= 0.6 is 15.9 Å². The van der Waals surface area contributed by atoms with Gasteiger partial charge in [-0.25, -0.2) is 4.98 Å². The van der Waals surface area contributed by atoms with E-state index in [0.29, 0.717) is 11.6 Å². The molecule has 3 rings (SSSR count). The molecule has 0 spiro atoms. The Bertz CT molecular complexity index is 752. The van der Waals surface area contributed by atoms with Crippen molar-refractivity contribution in [3.8, 4) is 11.5 Å². The van der Waals surface area contributed by atoms with Crippen LogP contribution in [-0.4, -0.2) is 9.97 Å². The number of nitrogens with two attached hydrogens (primary N) is 1. The van der Waals surface area contributed by atoms with Gasteiger partial charge in [0.2, 0.25) is 5.89 Å². The Labute approximate surface area is 118 Å². The predicted octanol–water partition coefficient (Wildman–Crippen LogP) is 3.80. The largest absolute Gasteiger partial charge is 0.436 e. The van der Waals surface area contributed by atoms with E-state index in [9.17, 15) is 0 Å². The standard InChI is InChI=1S/C14H12BrN3O/c1-2-8-4-11(16)5-12-13(8)19-14(18-12)9-3-10(15)7-17-6-9/h3-7H,2,16H2,1H3. The molecule has 0 aliphatic carbocycles. The van der Waals surface area contributed by atoms with Crippen molar-refractivity contribution in [2.24, 2.45) is 0 Å². The van der Waals surface area contributed by atoms with Crippen LogP contribution in [-0.2, 0) is 6.42 Å². The molecule has 96 valence electrons. The Balaban J connectivity index is 2.21. The minimum atomic E-state index is 0.559. The summed E-state index contributed by atoms with van der Waals surface area (Å²) in [5, 5.41) is 0. The van der Waals surface area contributed by atoms with Crippen molar-refractivity contribution in [1.82, 2.24) is 9.97 Å². The maximum atomic E-state index is 5.87. The van der Waals surface area contributed by atoms with Crippen LogP contribution in [0.2, 0.25) is 0 Å². The summed E-state index contributed by atoms with van der Waals surface area (Å²) in [6.45, 7) is 2.07. The first-order valence-electron chi connectivity index (χ1n) is 5.97. The van der Waals surface area contributed by atoms with Crippen LogP contribution in [0.3, 0.4) is 0 Å². The second kappa shape index (κ2) is 4.66. The van der Waals surface area contributed by atoms with Gasteiger partial charge in [-0.2, -0.15) is 0 Å². The van der Waals surface area contributed by atoms with Gasteiger partial charge in [0, 0.05) is 22.6 Å². The molecule has 2 aromatic heterocycles. The molecule has 1 aromatic carbocycles. The lowest BCUT2D eigenvalue weighted by Gasteiger charge is -1.98. The number of fused-ring (bicyclic) bond motifs is 1. The molecule has 0 aliphatic rings. The second-order valence-electron chi connectivity index (χ2n) is 4.29. The van der Waals surface area contributed by atoms with Gasteiger partial charge >= 0.3 is 0 Å². The molecule has 4 nitrogen and oxygen atoms in total. The fourth-order valence-corrected chi connectivity index (χ4v) is 2.41. The Hall–Kier alpha value is -1.88. The summed E-state index contributed by atoms with van der Waals surface area (Å²) in [5.74, 6) is 0.559. The molecule has 0 fully saturated rings. The minimum absolute atomic E-state index is 0.559. The van der Waals surface area contributed by atoms with E-state index < -0.39 is 0 Å². The zero-order chi connectivity index (χ0) is 13.4. The van der Waals surface area contributed by atoms with E-state index in [2.05, 4.69) is 32.8 Å². The number of rotatable bonds is 2. The third-order valence-corrected chi connectivity index (χ3v) is 3.36. The number of halogens is 1. The summed E-state index contributed by atoms with van der Waals surface area (Å²) in [6, 6.07) is 5.68. The van der Waals surface area contributed by atoms with Gasteiger partial charge in [-0.15, -0.1) is 0 Å². The third-order valence-electron chi connectivity index (χ3n) is 2.92. The Morgan fingerprint density at radius 2 is 2.11 bits per heavy atom. The van der Waals surface area contributed by atoms with Crippen LogP contribution < -0.4 is 5.73 Å². The molecule has 0 bridgehead atoms. The lowest BCUT2D eigenvalue weighted by molar-refractivity contribution is 0.615. The molecule has 0 atom stereocenters. The summed E-state index contributed by atoms with van der Waals surface area (Å²) >= 11 is 3.39. The summed E-state index contributed by atoms with van der Waals surface area (Å²) in [6.07, 6.45) is 4.30. The molecule has 0 saturated heterocycles. The zero-order valence-corrected chi connectivity index (χ0v) is 11.9. The van der Waals surface area contributed by atoms with Gasteiger partial charge in [0.05, 0.1) is 5.56 Å². The molecule has 0 aliphatic heterocycles. The highest BCUT2D eigenvalue weighted by molar-refractivity contribution is 9.10. The Kier molecular flexibility index (Phi) is 2.98. The monoisotopic (exact) mass is 317 g/mol. The predicted molar refractivity (Wildman–Crippen MR) is 78.7 cm³/mol. The van der Waals surface area contributed by atoms with Crippen LogP contribution in [0.5, 0.6) is 0 Å². The molecule has 2 N–H and O–H groups in total. The van der Waals surface area contributed by atoms with Crippen molar-refractivity contribution in [3.63, 3.8) is 0 Å². The van der Waals surface area contributed by atoms with E-state index in [-0.39, 0.29) is 0 Å². The lowest BCUT2D eigenvalue weighted by atomic mass is 10.1. The lowest BCUT2D eigenvalue weighted by Crippen LogP contribution is -1.88. The molecule has 5 heteroatoms. The van der Waals surface area contributed by atoms with E-state index in [1.807, 2.05) is 18.2 Å². The third kappa shape index (κ3) is 2.21. The van der Waals surface area contributed by atoms with Gasteiger partial charge < -0.3 is 10.2 Å². The number of aryl methyl sites for hydroxylation is 1. The van der Waals surface area contributed by atoms with E-state index >= 15 is 0 Å². The van der Waals surface area contributed by atoms with E-state index in [0.717, 1.165) is 33.1 Å². The van der Waals surface area contributed by atoms with Crippen LogP contribution in [0.1, 0.15) is 12.5 Å². The topological polar surface area (TPSA) is 64.9 Å². The molecular weight excluding hydrogens is 306 g/mol. The summed E-state index contributed by atoms with van der Waals surface area (Å²) in [7, 11) is 0.